The first-order chi connectivity index (χ1) is 20.9. The molecule has 0 saturated carbocycles. The molecule has 2 bridgehead atoms. The van der Waals surface area contributed by atoms with Gasteiger partial charge in [0.1, 0.15) is 11.6 Å². The van der Waals surface area contributed by atoms with E-state index < -0.39 is 6.03 Å². The minimum absolute atomic E-state index is 0.0215. The maximum Gasteiger partial charge on any atom is 0.323 e. The molecule has 0 spiro atoms. The van der Waals surface area contributed by atoms with Crippen LogP contribution in [-0.4, -0.2) is 36.7 Å². The number of halogens is 1. The van der Waals surface area contributed by atoms with Gasteiger partial charge in [-0.25, -0.2) is 9.18 Å². The summed E-state index contributed by atoms with van der Waals surface area (Å²) in [6, 6.07) is 23.2. The number of anilines is 3. The molecule has 9 nitrogen and oxygen atoms in total. The van der Waals surface area contributed by atoms with Gasteiger partial charge in [0.2, 0.25) is 0 Å². The van der Waals surface area contributed by atoms with Crippen molar-refractivity contribution in [2.75, 3.05) is 35.7 Å². The highest BCUT2D eigenvalue weighted by Gasteiger charge is 2.35. The number of hydrogen-bond donors (Lipinski definition) is 3. The Morgan fingerprint density at radius 2 is 1.74 bits per heavy atom. The largest absolute Gasteiger partial charge is 0.497 e. The van der Waals surface area contributed by atoms with Crippen molar-refractivity contribution < 1.29 is 18.7 Å². The molecule has 0 radical (unpaired) electrons. The van der Waals surface area contributed by atoms with Crippen molar-refractivity contribution in [1.82, 2.24) is 9.88 Å². The molecule has 2 aliphatic rings. The number of amides is 3. The number of methoxy groups -OCH3 is 1. The number of carbonyl (C=O) groups excluding carboxylic acids is 2. The van der Waals surface area contributed by atoms with Gasteiger partial charge < -0.3 is 30.2 Å². The number of benzene rings is 3. The van der Waals surface area contributed by atoms with Crippen LogP contribution in [0.5, 0.6) is 5.75 Å². The number of rotatable bonds is 7. The monoisotopic (exact) mass is 581 g/mol. The lowest BCUT2D eigenvalue weighted by Crippen LogP contribution is -2.47. The van der Waals surface area contributed by atoms with E-state index in [-0.39, 0.29) is 35.7 Å². The number of aromatic nitrogens is 1. The maximum absolute atomic E-state index is 13.3. The summed E-state index contributed by atoms with van der Waals surface area (Å²) in [6.07, 6.45) is 0.989. The summed E-state index contributed by atoms with van der Waals surface area (Å²) in [4.78, 5) is 41.0. The Morgan fingerprint density at radius 3 is 2.56 bits per heavy atom. The summed E-state index contributed by atoms with van der Waals surface area (Å²) >= 11 is 0. The number of nitrogens with one attached hydrogen (secondary N) is 3. The normalized spacial score (nSPS) is 17.0. The van der Waals surface area contributed by atoms with Crippen LogP contribution in [0.1, 0.15) is 34.0 Å². The van der Waals surface area contributed by atoms with Gasteiger partial charge in [0.15, 0.2) is 0 Å². The Hall–Kier alpha value is -5.12. The quantitative estimate of drug-likeness (QED) is 0.279. The standard InChI is InChI=1S/C33H32FN5O4/c1-43-27-5-2-4-26(16-27)36-33(42)37-28-15-23(32(41)35-17-21-8-11-25(34)12-9-21)10-13-30(28)38-18-22-14-24(20-38)29-6-3-7-31(40)39(29)19-22/h2-13,15-16,22,24H,14,17-20H2,1H3,(H,35,41)(H2,36,37,42). The van der Waals surface area contributed by atoms with Crippen LogP contribution in [0, 0.1) is 11.7 Å². The SMILES string of the molecule is COc1cccc(NC(=O)Nc2cc(C(=O)NCc3ccc(F)cc3)ccc2N2CC3CC(C2)c2cccc(=O)n2C3)c1. The molecule has 6 rings (SSSR count). The molecule has 4 aromatic rings. The topological polar surface area (TPSA) is 105 Å². The van der Waals surface area contributed by atoms with Crippen molar-refractivity contribution in [2.24, 2.45) is 5.92 Å². The molecule has 1 aromatic heterocycles. The van der Waals surface area contributed by atoms with Gasteiger partial charge in [0.05, 0.1) is 18.5 Å². The van der Waals surface area contributed by atoms with Crippen molar-refractivity contribution >= 4 is 29.0 Å². The highest BCUT2D eigenvalue weighted by Crippen LogP contribution is 2.39. The summed E-state index contributed by atoms with van der Waals surface area (Å²) in [6.45, 7) is 2.25. The van der Waals surface area contributed by atoms with Crippen LogP contribution in [0.15, 0.2) is 89.7 Å². The van der Waals surface area contributed by atoms with E-state index in [1.807, 2.05) is 22.8 Å². The van der Waals surface area contributed by atoms with Gasteiger partial charge in [-0.1, -0.05) is 24.3 Å². The van der Waals surface area contributed by atoms with Crippen LogP contribution in [-0.2, 0) is 13.1 Å². The number of piperidine rings is 1. The number of pyridine rings is 1. The first-order valence-corrected chi connectivity index (χ1v) is 14.2. The maximum atomic E-state index is 13.3. The predicted molar refractivity (Wildman–Crippen MR) is 163 cm³/mol. The van der Waals surface area contributed by atoms with Gasteiger partial charge in [-0.15, -0.1) is 0 Å². The third-order valence-electron chi connectivity index (χ3n) is 8.02. The van der Waals surface area contributed by atoms with Crippen molar-refractivity contribution in [2.45, 2.75) is 25.4 Å². The van der Waals surface area contributed by atoms with Gasteiger partial charge in [-0.2, -0.15) is 0 Å². The van der Waals surface area contributed by atoms with E-state index in [4.69, 9.17) is 4.74 Å². The molecule has 3 N–H and O–H groups in total. The van der Waals surface area contributed by atoms with Crippen LogP contribution < -0.4 is 31.1 Å². The fraction of sp³-hybridized carbons (Fsp3) is 0.242. The zero-order valence-corrected chi connectivity index (χ0v) is 23.7. The second kappa shape index (κ2) is 12.0. The second-order valence-corrected chi connectivity index (χ2v) is 11.0. The summed E-state index contributed by atoms with van der Waals surface area (Å²) in [5.74, 6) is 0.376. The lowest BCUT2D eigenvalue weighted by atomic mass is 9.83. The van der Waals surface area contributed by atoms with Crippen LogP contribution in [0.4, 0.5) is 26.2 Å². The third-order valence-corrected chi connectivity index (χ3v) is 8.02. The van der Waals surface area contributed by atoms with Crippen LogP contribution in [0.25, 0.3) is 0 Å². The fourth-order valence-electron chi connectivity index (χ4n) is 6.02. The first-order valence-electron chi connectivity index (χ1n) is 14.2. The number of carbonyl (C=O) groups is 2. The van der Waals surface area contributed by atoms with E-state index >= 15 is 0 Å². The molecule has 2 atom stereocenters. The van der Waals surface area contributed by atoms with E-state index in [2.05, 4.69) is 20.9 Å². The zero-order chi connectivity index (χ0) is 29.9. The van der Waals surface area contributed by atoms with Gasteiger partial charge in [0.25, 0.3) is 11.5 Å². The fourth-order valence-corrected chi connectivity index (χ4v) is 6.02. The third kappa shape index (κ3) is 6.23. The average Bonchev–Trinajstić information content (AvgIpc) is 3.01. The van der Waals surface area contributed by atoms with Crippen LogP contribution in [0.2, 0.25) is 0 Å². The summed E-state index contributed by atoms with van der Waals surface area (Å²) in [5.41, 5.74) is 4.01. The van der Waals surface area contributed by atoms with Gasteiger partial charge in [-0.3, -0.25) is 9.59 Å². The smallest absolute Gasteiger partial charge is 0.323 e. The Balaban J connectivity index is 1.26. The number of nitrogens with zero attached hydrogens (tertiary/aromatic N) is 2. The Morgan fingerprint density at radius 1 is 0.930 bits per heavy atom. The van der Waals surface area contributed by atoms with E-state index in [0.29, 0.717) is 42.3 Å². The van der Waals surface area contributed by atoms with E-state index in [1.54, 1.807) is 61.7 Å². The van der Waals surface area contributed by atoms with Gasteiger partial charge in [-0.05, 0) is 66.4 Å². The first kappa shape index (κ1) is 28.0. The highest BCUT2D eigenvalue weighted by atomic mass is 19.1. The molecule has 2 aliphatic heterocycles. The molecule has 43 heavy (non-hydrogen) atoms. The number of ether oxygens (including phenoxy) is 1. The summed E-state index contributed by atoms with van der Waals surface area (Å²) in [7, 11) is 1.56. The van der Waals surface area contributed by atoms with Crippen molar-refractivity contribution in [1.29, 1.82) is 0 Å². The van der Waals surface area contributed by atoms with Crippen molar-refractivity contribution in [3.8, 4) is 5.75 Å². The predicted octanol–water partition coefficient (Wildman–Crippen LogP) is 5.19. The average molecular weight is 582 g/mol. The van der Waals surface area contributed by atoms with Crippen LogP contribution >= 0.6 is 0 Å². The molecular formula is C33H32FN5O4. The minimum Gasteiger partial charge on any atom is -0.497 e. The molecule has 10 heteroatoms. The molecule has 3 amide bonds. The lowest BCUT2D eigenvalue weighted by molar-refractivity contribution is 0.0951. The van der Waals surface area contributed by atoms with Crippen molar-refractivity contribution in [3.63, 3.8) is 0 Å². The molecule has 0 aliphatic carbocycles. The van der Waals surface area contributed by atoms with E-state index in [9.17, 15) is 18.8 Å². The Kier molecular flexibility index (Phi) is 7.83. The Labute approximate surface area is 248 Å². The molecule has 220 valence electrons. The molecular weight excluding hydrogens is 549 g/mol. The second-order valence-electron chi connectivity index (χ2n) is 11.0. The van der Waals surface area contributed by atoms with Crippen molar-refractivity contribution in [3.05, 3.63) is 118 Å². The number of hydrogen-bond acceptors (Lipinski definition) is 5. The molecule has 1 fully saturated rings. The van der Waals surface area contributed by atoms with E-state index in [1.165, 1.54) is 12.1 Å². The molecule has 3 aromatic carbocycles. The zero-order valence-electron chi connectivity index (χ0n) is 23.7. The number of fused-ring (bicyclic) bond motifs is 4. The number of urea groups is 1. The van der Waals surface area contributed by atoms with E-state index in [0.717, 1.165) is 23.4 Å². The molecule has 1 saturated heterocycles. The molecule has 3 heterocycles. The lowest BCUT2D eigenvalue weighted by Gasteiger charge is -2.44. The minimum atomic E-state index is -0.465. The Bertz CT molecular complexity index is 1720. The summed E-state index contributed by atoms with van der Waals surface area (Å²) in [5, 5.41) is 8.66. The highest BCUT2D eigenvalue weighted by molar-refractivity contribution is 6.04. The van der Waals surface area contributed by atoms with Gasteiger partial charge in [0, 0.05) is 61.2 Å². The summed E-state index contributed by atoms with van der Waals surface area (Å²) < 4.78 is 20.4. The molecule has 2 unspecified atom stereocenters. The van der Waals surface area contributed by atoms with Crippen LogP contribution in [0.3, 0.4) is 0 Å². The van der Waals surface area contributed by atoms with Gasteiger partial charge >= 0.3 is 6.03 Å².